The van der Waals surface area contributed by atoms with Crippen molar-refractivity contribution in [1.82, 2.24) is 15.1 Å². The zero-order valence-electron chi connectivity index (χ0n) is 7.85. The molecular weight excluding hydrogens is 198 g/mol. The van der Waals surface area contributed by atoms with Crippen LogP contribution in [0.4, 0.5) is 0 Å². The van der Waals surface area contributed by atoms with Gasteiger partial charge in [-0.05, 0) is 12.1 Å². The molecule has 0 saturated heterocycles. The number of aromatic nitrogens is 3. The molecule has 0 bridgehead atoms. The summed E-state index contributed by atoms with van der Waals surface area (Å²) in [5, 5.41) is 3.54. The number of pyridine rings is 1. The SMILES string of the molecule is CC(=O)c1nc(-c2ccc[nH]c2=O)no1. The summed E-state index contributed by atoms with van der Waals surface area (Å²) in [5.74, 6) is -0.323. The van der Waals surface area contributed by atoms with Crippen LogP contribution in [-0.4, -0.2) is 20.9 Å². The highest BCUT2D eigenvalue weighted by Crippen LogP contribution is 2.09. The van der Waals surface area contributed by atoms with Gasteiger partial charge in [-0.1, -0.05) is 5.16 Å². The number of H-pyrrole nitrogens is 1. The molecule has 6 heteroatoms. The maximum atomic E-state index is 11.3. The summed E-state index contributed by atoms with van der Waals surface area (Å²) in [4.78, 5) is 28.5. The van der Waals surface area contributed by atoms with E-state index in [1.165, 1.54) is 13.1 Å². The minimum Gasteiger partial charge on any atom is -0.330 e. The van der Waals surface area contributed by atoms with E-state index < -0.39 is 0 Å². The zero-order chi connectivity index (χ0) is 10.8. The molecule has 0 aliphatic carbocycles. The minimum absolute atomic E-state index is 0.103. The molecule has 2 aromatic heterocycles. The van der Waals surface area contributed by atoms with Crippen molar-refractivity contribution >= 4 is 5.78 Å². The average molecular weight is 205 g/mol. The van der Waals surface area contributed by atoms with Gasteiger partial charge in [0.15, 0.2) is 0 Å². The van der Waals surface area contributed by atoms with Gasteiger partial charge in [0.2, 0.25) is 11.6 Å². The number of carbonyl (C=O) groups excluding carboxylic acids is 1. The van der Waals surface area contributed by atoms with Gasteiger partial charge in [-0.25, -0.2) is 0 Å². The van der Waals surface area contributed by atoms with Gasteiger partial charge in [0.25, 0.3) is 11.4 Å². The van der Waals surface area contributed by atoms with Crippen molar-refractivity contribution in [1.29, 1.82) is 0 Å². The van der Waals surface area contributed by atoms with Crippen molar-refractivity contribution in [3.63, 3.8) is 0 Å². The van der Waals surface area contributed by atoms with E-state index in [0.717, 1.165) is 0 Å². The Morgan fingerprint density at radius 1 is 1.53 bits per heavy atom. The van der Waals surface area contributed by atoms with Crippen LogP contribution in [0.15, 0.2) is 27.6 Å². The van der Waals surface area contributed by atoms with Crippen LogP contribution in [0.1, 0.15) is 17.6 Å². The van der Waals surface area contributed by atoms with E-state index in [1.54, 1.807) is 12.1 Å². The molecule has 1 N–H and O–H groups in total. The molecular formula is C9H7N3O3. The van der Waals surface area contributed by atoms with E-state index >= 15 is 0 Å². The molecule has 0 atom stereocenters. The van der Waals surface area contributed by atoms with Crippen LogP contribution < -0.4 is 5.56 Å². The second kappa shape index (κ2) is 3.49. The summed E-state index contributed by atoms with van der Waals surface area (Å²) in [7, 11) is 0. The first kappa shape index (κ1) is 9.32. The third kappa shape index (κ3) is 1.69. The fraction of sp³-hybridized carbons (Fsp3) is 0.111. The van der Waals surface area contributed by atoms with Crippen LogP contribution in [0, 0.1) is 0 Å². The number of aromatic amines is 1. The number of Topliss-reactive ketones (excluding diaryl/α,β-unsaturated/α-hetero) is 1. The van der Waals surface area contributed by atoms with Crippen LogP contribution in [0.5, 0.6) is 0 Å². The highest BCUT2D eigenvalue weighted by molar-refractivity contribution is 5.89. The average Bonchev–Trinajstić information content (AvgIpc) is 2.67. The molecule has 15 heavy (non-hydrogen) atoms. The molecule has 6 nitrogen and oxygen atoms in total. The Morgan fingerprint density at radius 2 is 2.33 bits per heavy atom. The molecule has 0 radical (unpaired) electrons. The van der Waals surface area contributed by atoms with Gasteiger partial charge in [0.05, 0.1) is 5.56 Å². The van der Waals surface area contributed by atoms with Crippen LogP contribution >= 0.6 is 0 Å². The number of carbonyl (C=O) groups is 1. The van der Waals surface area contributed by atoms with Crippen LogP contribution in [0.25, 0.3) is 11.4 Å². The van der Waals surface area contributed by atoms with Crippen molar-refractivity contribution in [3.05, 3.63) is 34.6 Å². The Labute approximate surface area is 83.9 Å². The Hall–Kier alpha value is -2.24. The number of hydrogen-bond acceptors (Lipinski definition) is 5. The standard InChI is InChI=1S/C9H7N3O3/c1-5(13)9-11-7(12-15-9)6-3-2-4-10-8(6)14/h2-4H,1H3,(H,10,14). The second-order valence-electron chi connectivity index (χ2n) is 2.89. The van der Waals surface area contributed by atoms with Gasteiger partial charge in [0.1, 0.15) is 0 Å². The second-order valence-corrected chi connectivity index (χ2v) is 2.89. The molecule has 0 aliphatic rings. The summed E-state index contributed by atoms with van der Waals surface area (Å²) < 4.78 is 4.67. The van der Waals surface area contributed by atoms with Gasteiger partial charge in [0, 0.05) is 13.1 Å². The zero-order valence-corrected chi connectivity index (χ0v) is 7.85. The number of hydrogen-bond donors (Lipinski definition) is 1. The van der Waals surface area contributed by atoms with Gasteiger partial charge in [-0.15, -0.1) is 0 Å². The van der Waals surface area contributed by atoms with Gasteiger partial charge in [-0.2, -0.15) is 4.98 Å². The lowest BCUT2D eigenvalue weighted by Crippen LogP contribution is -2.07. The monoisotopic (exact) mass is 205 g/mol. The van der Waals surface area contributed by atoms with E-state index in [9.17, 15) is 9.59 Å². The van der Waals surface area contributed by atoms with Crippen molar-refractivity contribution in [2.45, 2.75) is 6.92 Å². The maximum absolute atomic E-state index is 11.3. The summed E-state index contributed by atoms with van der Waals surface area (Å²) in [6, 6.07) is 3.19. The summed E-state index contributed by atoms with van der Waals surface area (Å²) in [6.45, 7) is 1.31. The molecule has 0 spiro atoms. The van der Waals surface area contributed by atoms with Gasteiger partial charge in [-0.3, -0.25) is 9.59 Å². The van der Waals surface area contributed by atoms with Crippen LogP contribution in [0.3, 0.4) is 0 Å². The van der Waals surface area contributed by atoms with Gasteiger partial charge >= 0.3 is 0 Å². The third-order valence-electron chi connectivity index (χ3n) is 1.79. The van der Waals surface area contributed by atoms with Gasteiger partial charge < -0.3 is 9.51 Å². The highest BCUT2D eigenvalue weighted by atomic mass is 16.5. The lowest BCUT2D eigenvalue weighted by Gasteiger charge is -1.89. The molecule has 0 unspecified atom stereocenters. The normalized spacial score (nSPS) is 10.2. The Bertz CT molecular complexity index is 555. The first-order valence-electron chi connectivity index (χ1n) is 4.21. The number of rotatable bonds is 2. The quantitative estimate of drug-likeness (QED) is 0.726. The molecule has 2 aromatic rings. The molecule has 0 amide bonds. The lowest BCUT2D eigenvalue weighted by atomic mass is 10.3. The summed E-state index contributed by atoms with van der Waals surface area (Å²) >= 11 is 0. The maximum Gasteiger partial charge on any atom is 0.294 e. The minimum atomic E-state index is -0.332. The Kier molecular flexibility index (Phi) is 2.17. The summed E-state index contributed by atoms with van der Waals surface area (Å²) in [6.07, 6.45) is 1.50. The van der Waals surface area contributed by atoms with E-state index in [-0.39, 0.29) is 28.6 Å². The summed E-state index contributed by atoms with van der Waals surface area (Å²) in [5.41, 5.74) is -0.0536. The molecule has 0 saturated carbocycles. The highest BCUT2D eigenvalue weighted by Gasteiger charge is 2.13. The smallest absolute Gasteiger partial charge is 0.294 e. The Morgan fingerprint density at radius 3 is 2.93 bits per heavy atom. The fourth-order valence-corrected chi connectivity index (χ4v) is 1.07. The topological polar surface area (TPSA) is 88.9 Å². The molecule has 2 rings (SSSR count). The number of nitrogens with one attached hydrogen (secondary N) is 1. The fourth-order valence-electron chi connectivity index (χ4n) is 1.07. The van der Waals surface area contributed by atoms with Crippen LogP contribution in [-0.2, 0) is 0 Å². The third-order valence-corrected chi connectivity index (χ3v) is 1.79. The van der Waals surface area contributed by atoms with E-state index in [2.05, 4.69) is 19.6 Å². The van der Waals surface area contributed by atoms with Crippen LogP contribution in [0.2, 0.25) is 0 Å². The number of ketones is 1. The molecule has 2 heterocycles. The Balaban J connectivity index is 2.51. The van der Waals surface area contributed by atoms with E-state index in [0.29, 0.717) is 0 Å². The molecule has 76 valence electrons. The first-order valence-corrected chi connectivity index (χ1v) is 4.21. The molecule has 0 aromatic carbocycles. The predicted molar refractivity (Wildman–Crippen MR) is 50.4 cm³/mol. The van der Waals surface area contributed by atoms with E-state index in [1.807, 2.05) is 0 Å². The van der Waals surface area contributed by atoms with Crippen molar-refractivity contribution in [3.8, 4) is 11.4 Å². The number of nitrogens with zero attached hydrogens (tertiary/aromatic N) is 2. The van der Waals surface area contributed by atoms with Crippen molar-refractivity contribution in [2.75, 3.05) is 0 Å². The van der Waals surface area contributed by atoms with E-state index in [4.69, 9.17) is 0 Å². The largest absolute Gasteiger partial charge is 0.330 e. The first-order chi connectivity index (χ1) is 7.18. The predicted octanol–water partition coefficient (Wildman–Crippen LogP) is 0.627. The molecule has 0 fully saturated rings. The lowest BCUT2D eigenvalue weighted by molar-refractivity contribution is 0.0972. The molecule has 0 aliphatic heterocycles. The van der Waals surface area contributed by atoms with Crippen molar-refractivity contribution < 1.29 is 9.32 Å². The van der Waals surface area contributed by atoms with Crippen molar-refractivity contribution in [2.24, 2.45) is 0 Å².